The summed E-state index contributed by atoms with van der Waals surface area (Å²) < 4.78 is 28.0. The monoisotopic (exact) mass is 339 g/mol. The number of halogens is 1. The molecule has 1 aromatic heterocycles. The molecule has 1 unspecified atom stereocenters. The average molecular weight is 340 g/mol. The first-order chi connectivity index (χ1) is 7.54. The van der Waals surface area contributed by atoms with E-state index < -0.39 is 10.0 Å². The predicted octanol–water partition coefficient (Wildman–Crippen LogP) is 3.53. The van der Waals surface area contributed by atoms with Gasteiger partial charge in [0.15, 0.2) is 0 Å². The van der Waals surface area contributed by atoms with Crippen LogP contribution in [0.2, 0.25) is 0 Å². The molecule has 0 aliphatic carbocycles. The van der Waals surface area contributed by atoms with Crippen LogP contribution in [0.4, 0.5) is 0 Å². The summed E-state index contributed by atoms with van der Waals surface area (Å²) in [7, 11) is -3.42. The average Bonchev–Trinajstić information content (AvgIpc) is 2.43. The Hall–Kier alpha value is 0.0900. The lowest BCUT2D eigenvalue weighted by atomic mass is 9.89. The molecule has 0 saturated carbocycles. The van der Waals surface area contributed by atoms with Gasteiger partial charge < -0.3 is 0 Å². The molecule has 1 N–H and O–H groups in total. The SMILES string of the molecule is Cc1sc(Br)cc1S(=O)(=O)NC(C)C(C)(C)C. The fraction of sp³-hybridized carbons (Fsp3) is 0.636. The Bertz CT molecular complexity index is 500. The summed E-state index contributed by atoms with van der Waals surface area (Å²) in [5, 5.41) is 0. The third-order valence-electron chi connectivity index (χ3n) is 2.76. The fourth-order valence-electron chi connectivity index (χ4n) is 1.17. The molecule has 1 heterocycles. The van der Waals surface area contributed by atoms with E-state index in [0.717, 1.165) is 8.66 Å². The standard InChI is InChI=1S/C11H18BrNO2S2/c1-7-9(6-10(12)16-7)17(14,15)13-8(2)11(3,4)5/h6,8,13H,1-5H3. The molecule has 0 fully saturated rings. The molecule has 17 heavy (non-hydrogen) atoms. The van der Waals surface area contributed by atoms with E-state index in [1.54, 1.807) is 6.07 Å². The van der Waals surface area contributed by atoms with Crippen LogP contribution in [0.15, 0.2) is 14.7 Å². The van der Waals surface area contributed by atoms with E-state index in [1.807, 2.05) is 34.6 Å². The van der Waals surface area contributed by atoms with Gasteiger partial charge in [0, 0.05) is 10.9 Å². The smallest absolute Gasteiger partial charge is 0.208 e. The van der Waals surface area contributed by atoms with Gasteiger partial charge in [0.05, 0.1) is 8.68 Å². The molecule has 1 aromatic rings. The Morgan fingerprint density at radius 2 is 1.94 bits per heavy atom. The van der Waals surface area contributed by atoms with Crippen LogP contribution in [0.1, 0.15) is 32.6 Å². The first-order valence-corrected chi connectivity index (χ1v) is 8.41. The van der Waals surface area contributed by atoms with Crippen molar-refractivity contribution in [1.82, 2.24) is 4.72 Å². The Morgan fingerprint density at radius 1 is 1.41 bits per heavy atom. The second kappa shape index (κ2) is 4.99. The van der Waals surface area contributed by atoms with Gasteiger partial charge in [-0.2, -0.15) is 0 Å². The summed E-state index contributed by atoms with van der Waals surface area (Å²) in [6, 6.07) is 1.53. The number of aryl methyl sites for hydroxylation is 1. The second-order valence-corrected chi connectivity index (χ2v) is 9.50. The van der Waals surface area contributed by atoms with Crippen LogP contribution in [0.5, 0.6) is 0 Å². The zero-order valence-electron chi connectivity index (χ0n) is 10.7. The fourth-order valence-corrected chi connectivity index (χ4v) is 5.03. The van der Waals surface area contributed by atoms with Crippen LogP contribution in [0.25, 0.3) is 0 Å². The van der Waals surface area contributed by atoms with E-state index in [9.17, 15) is 8.42 Å². The van der Waals surface area contributed by atoms with Crippen molar-refractivity contribution in [2.45, 2.75) is 45.6 Å². The van der Waals surface area contributed by atoms with Gasteiger partial charge >= 0.3 is 0 Å². The zero-order valence-corrected chi connectivity index (χ0v) is 13.9. The van der Waals surface area contributed by atoms with Gasteiger partial charge in [0.2, 0.25) is 10.0 Å². The van der Waals surface area contributed by atoms with Crippen molar-refractivity contribution < 1.29 is 8.42 Å². The van der Waals surface area contributed by atoms with Crippen LogP contribution >= 0.6 is 27.3 Å². The minimum Gasteiger partial charge on any atom is -0.208 e. The summed E-state index contributed by atoms with van der Waals surface area (Å²) in [5.74, 6) is 0. The van der Waals surface area contributed by atoms with Gasteiger partial charge in [-0.25, -0.2) is 13.1 Å². The summed E-state index contributed by atoms with van der Waals surface area (Å²) in [5.41, 5.74) is -0.103. The van der Waals surface area contributed by atoms with E-state index in [2.05, 4.69) is 20.7 Å². The van der Waals surface area contributed by atoms with Crippen LogP contribution in [0, 0.1) is 12.3 Å². The molecule has 0 amide bonds. The lowest BCUT2D eigenvalue weighted by molar-refractivity contribution is 0.317. The number of rotatable bonds is 3. The third-order valence-corrected chi connectivity index (χ3v) is 6.11. The lowest BCUT2D eigenvalue weighted by Gasteiger charge is -2.27. The van der Waals surface area contributed by atoms with Crippen LogP contribution in [-0.4, -0.2) is 14.5 Å². The van der Waals surface area contributed by atoms with Crippen LogP contribution in [-0.2, 0) is 10.0 Å². The Morgan fingerprint density at radius 3 is 2.29 bits per heavy atom. The molecule has 6 heteroatoms. The molecule has 0 aliphatic heterocycles. The molecular formula is C11H18BrNO2S2. The molecule has 3 nitrogen and oxygen atoms in total. The number of hydrogen-bond acceptors (Lipinski definition) is 3. The molecule has 0 bridgehead atoms. The van der Waals surface area contributed by atoms with Crippen molar-refractivity contribution in [2.75, 3.05) is 0 Å². The van der Waals surface area contributed by atoms with Crippen molar-refractivity contribution in [3.63, 3.8) is 0 Å². The molecule has 0 radical (unpaired) electrons. The Labute approximate surface area is 116 Å². The first kappa shape index (κ1) is 15.1. The molecule has 0 aliphatic rings. The molecule has 98 valence electrons. The van der Waals surface area contributed by atoms with Crippen molar-refractivity contribution in [3.05, 3.63) is 14.7 Å². The number of hydrogen-bond donors (Lipinski definition) is 1. The van der Waals surface area contributed by atoms with Crippen molar-refractivity contribution in [1.29, 1.82) is 0 Å². The maximum absolute atomic E-state index is 12.2. The highest BCUT2D eigenvalue weighted by molar-refractivity contribution is 9.11. The minimum absolute atomic E-state index is 0.103. The molecule has 1 rings (SSSR count). The van der Waals surface area contributed by atoms with Gasteiger partial charge in [-0.1, -0.05) is 20.8 Å². The van der Waals surface area contributed by atoms with Gasteiger partial charge in [-0.05, 0) is 41.3 Å². The van der Waals surface area contributed by atoms with E-state index >= 15 is 0 Å². The van der Waals surface area contributed by atoms with Crippen molar-refractivity contribution >= 4 is 37.3 Å². The van der Waals surface area contributed by atoms with E-state index in [0.29, 0.717) is 4.90 Å². The highest BCUT2D eigenvalue weighted by Crippen LogP contribution is 2.30. The van der Waals surface area contributed by atoms with E-state index in [4.69, 9.17) is 0 Å². The Balaban J connectivity index is 3.02. The number of thiophene rings is 1. The molecular weight excluding hydrogens is 322 g/mol. The zero-order chi connectivity index (χ0) is 13.4. The number of nitrogens with one attached hydrogen (secondary N) is 1. The summed E-state index contributed by atoms with van der Waals surface area (Å²) in [6.45, 7) is 9.73. The highest BCUT2D eigenvalue weighted by Gasteiger charge is 2.27. The first-order valence-electron chi connectivity index (χ1n) is 5.32. The topological polar surface area (TPSA) is 46.2 Å². The van der Waals surface area contributed by atoms with Gasteiger partial charge in [0.25, 0.3) is 0 Å². The van der Waals surface area contributed by atoms with Crippen molar-refractivity contribution in [2.24, 2.45) is 5.41 Å². The quantitative estimate of drug-likeness (QED) is 0.915. The van der Waals surface area contributed by atoms with Crippen LogP contribution in [0.3, 0.4) is 0 Å². The molecule has 0 saturated heterocycles. The summed E-state index contributed by atoms with van der Waals surface area (Å²) in [6.07, 6.45) is 0. The lowest BCUT2D eigenvalue weighted by Crippen LogP contribution is -2.41. The van der Waals surface area contributed by atoms with E-state index in [1.165, 1.54) is 11.3 Å². The second-order valence-electron chi connectivity index (χ2n) is 5.18. The largest absolute Gasteiger partial charge is 0.241 e. The van der Waals surface area contributed by atoms with Gasteiger partial charge in [-0.15, -0.1) is 11.3 Å². The molecule has 0 spiro atoms. The molecule has 0 aromatic carbocycles. The maximum atomic E-state index is 12.2. The number of sulfonamides is 1. The predicted molar refractivity (Wildman–Crippen MR) is 76.0 cm³/mol. The maximum Gasteiger partial charge on any atom is 0.241 e. The summed E-state index contributed by atoms with van der Waals surface area (Å²) in [4.78, 5) is 1.16. The van der Waals surface area contributed by atoms with Crippen LogP contribution < -0.4 is 4.72 Å². The van der Waals surface area contributed by atoms with Crippen molar-refractivity contribution in [3.8, 4) is 0 Å². The normalized spacial score (nSPS) is 14.9. The van der Waals surface area contributed by atoms with Gasteiger partial charge in [0.1, 0.15) is 0 Å². The van der Waals surface area contributed by atoms with E-state index in [-0.39, 0.29) is 11.5 Å². The third kappa shape index (κ3) is 3.77. The minimum atomic E-state index is -3.42. The van der Waals surface area contributed by atoms with Gasteiger partial charge in [-0.3, -0.25) is 0 Å². The molecule has 1 atom stereocenters. The summed E-state index contributed by atoms with van der Waals surface area (Å²) >= 11 is 4.74. The Kier molecular flexibility index (Phi) is 4.45. The highest BCUT2D eigenvalue weighted by atomic mass is 79.9.